The molecule has 0 heterocycles. The van der Waals surface area contributed by atoms with E-state index in [0.29, 0.717) is 5.25 Å². The Morgan fingerprint density at radius 3 is 2.50 bits per heavy atom. The summed E-state index contributed by atoms with van der Waals surface area (Å²) in [5.74, 6) is 2.20. The molecule has 1 aromatic rings. The number of thioether (sulfide) groups is 1. The van der Waals surface area contributed by atoms with Crippen molar-refractivity contribution in [3.63, 3.8) is 0 Å². The van der Waals surface area contributed by atoms with E-state index in [0.717, 1.165) is 18.4 Å². The van der Waals surface area contributed by atoms with Gasteiger partial charge in [-0.2, -0.15) is 11.8 Å². The van der Waals surface area contributed by atoms with Gasteiger partial charge in [-0.1, -0.05) is 26.0 Å². The first-order chi connectivity index (χ1) is 7.59. The molecule has 0 amide bonds. The molecule has 16 heavy (non-hydrogen) atoms. The van der Waals surface area contributed by atoms with E-state index in [4.69, 9.17) is 0 Å². The summed E-state index contributed by atoms with van der Waals surface area (Å²) in [6, 6.07) is 6.77. The molecule has 0 aliphatic heterocycles. The normalized spacial score (nSPS) is 10.7. The van der Waals surface area contributed by atoms with Crippen molar-refractivity contribution in [3.8, 4) is 0 Å². The maximum absolute atomic E-state index is 10.4. The van der Waals surface area contributed by atoms with Gasteiger partial charge in [0.15, 0.2) is 0 Å². The molecule has 1 aromatic carbocycles. The number of aryl methyl sites for hydroxylation is 1. The number of nitro groups is 1. The van der Waals surface area contributed by atoms with E-state index >= 15 is 0 Å². The van der Waals surface area contributed by atoms with Crippen LogP contribution in [-0.2, 0) is 6.42 Å². The van der Waals surface area contributed by atoms with E-state index in [-0.39, 0.29) is 10.6 Å². The first-order valence-corrected chi connectivity index (χ1v) is 6.24. The Morgan fingerprint density at radius 1 is 1.38 bits per heavy atom. The molecular formula is C12H16NO2S. The van der Waals surface area contributed by atoms with Crippen molar-refractivity contribution in [1.82, 2.24) is 0 Å². The van der Waals surface area contributed by atoms with E-state index in [1.807, 2.05) is 23.9 Å². The zero-order valence-electron chi connectivity index (χ0n) is 9.55. The zero-order chi connectivity index (χ0) is 12.0. The number of rotatable bonds is 6. The lowest BCUT2D eigenvalue weighted by Gasteiger charge is -2.04. The molecule has 0 aliphatic carbocycles. The Morgan fingerprint density at radius 2 is 2.00 bits per heavy atom. The third-order valence-electron chi connectivity index (χ3n) is 2.07. The predicted molar refractivity (Wildman–Crippen MR) is 68.4 cm³/mol. The van der Waals surface area contributed by atoms with Gasteiger partial charge in [-0.15, -0.1) is 0 Å². The van der Waals surface area contributed by atoms with Gasteiger partial charge in [0.05, 0.1) is 4.92 Å². The van der Waals surface area contributed by atoms with Crippen molar-refractivity contribution in [1.29, 1.82) is 0 Å². The molecule has 3 nitrogen and oxygen atoms in total. The van der Waals surface area contributed by atoms with Crippen molar-refractivity contribution in [2.75, 3.05) is 0 Å². The molecule has 0 spiro atoms. The minimum atomic E-state index is -0.371. The molecule has 4 heteroatoms. The smallest absolute Gasteiger partial charge is 0.258 e. The summed E-state index contributed by atoms with van der Waals surface area (Å²) in [5.41, 5.74) is 1.30. The van der Waals surface area contributed by atoms with Gasteiger partial charge < -0.3 is 0 Å². The monoisotopic (exact) mass is 238 g/mol. The van der Waals surface area contributed by atoms with E-state index in [1.54, 1.807) is 12.1 Å². The van der Waals surface area contributed by atoms with Gasteiger partial charge >= 0.3 is 0 Å². The van der Waals surface area contributed by atoms with Gasteiger partial charge in [-0.25, -0.2) is 0 Å². The number of hydrogen-bond acceptors (Lipinski definition) is 3. The zero-order valence-corrected chi connectivity index (χ0v) is 10.4. The first-order valence-electron chi connectivity index (χ1n) is 5.30. The van der Waals surface area contributed by atoms with Crippen LogP contribution < -0.4 is 0 Å². The maximum Gasteiger partial charge on any atom is 0.269 e. The molecule has 0 saturated heterocycles. The van der Waals surface area contributed by atoms with E-state index in [2.05, 4.69) is 19.6 Å². The molecule has 0 N–H and O–H groups in total. The lowest BCUT2D eigenvalue weighted by molar-refractivity contribution is -0.384. The molecule has 0 fully saturated rings. The summed E-state index contributed by atoms with van der Waals surface area (Å²) < 4.78 is 0. The van der Waals surface area contributed by atoms with Crippen LogP contribution in [0, 0.1) is 15.9 Å². The highest BCUT2D eigenvalue weighted by atomic mass is 32.2. The van der Waals surface area contributed by atoms with Crippen LogP contribution >= 0.6 is 11.8 Å². The molecular weight excluding hydrogens is 222 g/mol. The summed E-state index contributed by atoms with van der Waals surface area (Å²) in [6.45, 7) is 4.32. The largest absolute Gasteiger partial charge is 0.269 e. The number of non-ortho nitro benzene ring substituents is 1. The van der Waals surface area contributed by atoms with Crippen LogP contribution in [0.25, 0.3) is 0 Å². The fraction of sp³-hybridized carbons (Fsp3) is 0.417. The summed E-state index contributed by atoms with van der Waals surface area (Å²) in [5, 5.41) is 11.1. The summed E-state index contributed by atoms with van der Waals surface area (Å²) >= 11 is 1.83. The minimum Gasteiger partial charge on any atom is -0.258 e. The van der Waals surface area contributed by atoms with Crippen molar-refractivity contribution >= 4 is 17.4 Å². The third kappa shape index (κ3) is 4.66. The lowest BCUT2D eigenvalue weighted by atomic mass is 10.1. The molecule has 0 aromatic heterocycles. The van der Waals surface area contributed by atoms with Crippen LogP contribution in [-0.4, -0.2) is 10.2 Å². The second-order valence-electron chi connectivity index (χ2n) is 3.81. The van der Waals surface area contributed by atoms with Gasteiger partial charge in [0.25, 0.3) is 5.69 Å². The Kier molecular flexibility index (Phi) is 5.32. The highest BCUT2D eigenvalue weighted by Crippen LogP contribution is 2.18. The molecule has 0 unspecified atom stereocenters. The van der Waals surface area contributed by atoms with Gasteiger partial charge in [-0.05, 0) is 23.7 Å². The number of hydrogen-bond donors (Lipinski definition) is 0. The molecule has 87 valence electrons. The van der Waals surface area contributed by atoms with Crippen molar-refractivity contribution in [2.45, 2.75) is 31.9 Å². The van der Waals surface area contributed by atoms with Gasteiger partial charge in [0.1, 0.15) is 0 Å². The highest BCUT2D eigenvalue weighted by molar-refractivity contribution is 8.01. The van der Waals surface area contributed by atoms with Gasteiger partial charge in [0.2, 0.25) is 0 Å². The molecule has 0 aliphatic rings. The van der Waals surface area contributed by atoms with Crippen LogP contribution in [0.15, 0.2) is 24.3 Å². The fourth-order valence-electron chi connectivity index (χ4n) is 1.27. The molecule has 0 saturated carbocycles. The van der Waals surface area contributed by atoms with Crippen LogP contribution in [0.1, 0.15) is 25.8 Å². The second-order valence-corrected chi connectivity index (χ2v) is 5.36. The topological polar surface area (TPSA) is 43.1 Å². The summed E-state index contributed by atoms with van der Waals surface area (Å²) in [6.07, 6.45) is 1.94. The Hall–Kier alpha value is -1.03. The molecule has 0 atom stereocenters. The average Bonchev–Trinajstić information content (AvgIpc) is 2.25. The Balaban J connectivity index is 2.35. The van der Waals surface area contributed by atoms with Crippen molar-refractivity contribution < 1.29 is 4.92 Å². The van der Waals surface area contributed by atoms with Crippen LogP contribution in [0.2, 0.25) is 0 Å². The SMILES string of the molecule is CC(C)S[CH]CCc1ccc([N+](=O)[O-])cc1. The standard InChI is InChI=1S/C12H16NO2S/c1-10(2)16-9-3-4-11-5-7-12(8-6-11)13(14)15/h5-10H,3-4H2,1-2H3. The van der Waals surface area contributed by atoms with Crippen molar-refractivity contribution in [3.05, 3.63) is 45.7 Å². The molecule has 1 rings (SSSR count). The average molecular weight is 238 g/mol. The van der Waals surface area contributed by atoms with Crippen molar-refractivity contribution in [2.24, 2.45) is 0 Å². The minimum absolute atomic E-state index is 0.157. The van der Waals surface area contributed by atoms with Crippen LogP contribution in [0.4, 0.5) is 5.69 Å². The van der Waals surface area contributed by atoms with Crippen LogP contribution in [0.3, 0.4) is 0 Å². The van der Waals surface area contributed by atoms with E-state index < -0.39 is 0 Å². The maximum atomic E-state index is 10.4. The van der Waals surface area contributed by atoms with Gasteiger partial charge in [0, 0.05) is 17.9 Å². The van der Waals surface area contributed by atoms with E-state index in [1.165, 1.54) is 0 Å². The third-order valence-corrected chi connectivity index (χ3v) is 3.04. The van der Waals surface area contributed by atoms with Crippen LogP contribution in [0.5, 0.6) is 0 Å². The second kappa shape index (κ2) is 6.53. The quantitative estimate of drug-likeness (QED) is 0.430. The number of nitro benzene ring substituents is 1. The Bertz CT molecular complexity index is 335. The first kappa shape index (κ1) is 13.0. The lowest BCUT2D eigenvalue weighted by Crippen LogP contribution is -1.90. The Labute approximate surface area is 100 Å². The fourth-order valence-corrected chi connectivity index (χ4v) is 1.91. The highest BCUT2D eigenvalue weighted by Gasteiger charge is 2.03. The van der Waals surface area contributed by atoms with Gasteiger partial charge in [-0.3, -0.25) is 10.1 Å². The predicted octanol–water partition coefficient (Wildman–Crippen LogP) is 3.83. The van der Waals surface area contributed by atoms with E-state index in [9.17, 15) is 10.1 Å². The summed E-state index contributed by atoms with van der Waals surface area (Å²) in [4.78, 5) is 10.1. The number of benzene rings is 1. The molecule has 0 bridgehead atoms. The number of nitrogens with zero attached hydrogens (tertiary/aromatic N) is 1. The molecule has 1 radical (unpaired) electrons. The summed E-state index contributed by atoms with van der Waals surface area (Å²) in [7, 11) is 0.